The van der Waals surface area contributed by atoms with Gasteiger partial charge in [0.2, 0.25) is 5.56 Å². The summed E-state index contributed by atoms with van der Waals surface area (Å²) in [7, 11) is 0. The first-order valence-corrected chi connectivity index (χ1v) is 7.09. The molecule has 110 valence electrons. The molecule has 2 N–H and O–H groups in total. The molecule has 0 bridgehead atoms. The molecule has 0 radical (unpaired) electrons. The maximum Gasteiger partial charge on any atom is 0.257 e. The van der Waals surface area contributed by atoms with E-state index in [1.165, 1.54) is 18.3 Å². The van der Waals surface area contributed by atoms with Crippen molar-refractivity contribution in [2.24, 2.45) is 0 Å². The third-order valence-corrected chi connectivity index (χ3v) is 3.63. The van der Waals surface area contributed by atoms with Crippen LogP contribution in [0.1, 0.15) is 35.0 Å². The molecule has 1 aliphatic rings. The second-order valence-electron chi connectivity index (χ2n) is 5.40. The zero-order valence-electron chi connectivity index (χ0n) is 11.6. The van der Waals surface area contributed by atoms with Crippen LogP contribution in [0, 0.1) is 0 Å². The molecule has 6 nitrogen and oxygen atoms in total. The number of H-pyrrole nitrogens is 1. The van der Waals surface area contributed by atoms with Gasteiger partial charge in [0.1, 0.15) is 5.52 Å². The van der Waals surface area contributed by atoms with Crippen molar-refractivity contribution in [2.45, 2.75) is 18.8 Å². The first-order chi connectivity index (χ1) is 10.7. The Morgan fingerprint density at radius 1 is 1.27 bits per heavy atom. The zero-order chi connectivity index (χ0) is 15.1. The minimum absolute atomic E-state index is 0.242. The number of amides is 1. The summed E-state index contributed by atoms with van der Waals surface area (Å²) in [6.45, 7) is 0. The second kappa shape index (κ2) is 4.84. The number of nitrogens with one attached hydrogen (secondary N) is 2. The average Bonchev–Trinajstić information content (AvgIpc) is 3.28. The molecule has 6 heteroatoms. The Bertz CT molecular complexity index is 901. The van der Waals surface area contributed by atoms with Gasteiger partial charge in [-0.25, -0.2) is 4.98 Å². The molecule has 3 aromatic rings. The number of carbonyl (C=O) groups is 1. The highest BCUT2D eigenvalue weighted by molar-refractivity contribution is 6.04. The van der Waals surface area contributed by atoms with E-state index < -0.39 is 0 Å². The number of hydrogen-bond acceptors (Lipinski definition) is 4. The molecule has 0 saturated heterocycles. The van der Waals surface area contributed by atoms with Crippen molar-refractivity contribution < 1.29 is 9.21 Å². The van der Waals surface area contributed by atoms with Crippen LogP contribution in [0.4, 0.5) is 5.69 Å². The topological polar surface area (TPSA) is 88.0 Å². The lowest BCUT2D eigenvalue weighted by Gasteiger charge is -2.04. The summed E-state index contributed by atoms with van der Waals surface area (Å²) in [5.74, 6) is 0.937. The number of nitrogens with zero attached hydrogens (tertiary/aromatic N) is 1. The number of aromatic nitrogens is 2. The number of benzene rings is 1. The van der Waals surface area contributed by atoms with Gasteiger partial charge in [-0.15, -0.1) is 0 Å². The van der Waals surface area contributed by atoms with Gasteiger partial charge in [-0.2, -0.15) is 0 Å². The number of oxazole rings is 1. The molecule has 1 amide bonds. The van der Waals surface area contributed by atoms with E-state index in [4.69, 9.17) is 4.42 Å². The Balaban J connectivity index is 1.59. The SMILES string of the molecule is O=C(Nc1ccc2oc(C3CC3)nc2c1)c1ccc(=O)[nH]c1. The molecule has 0 atom stereocenters. The van der Waals surface area contributed by atoms with Crippen LogP contribution in [0.2, 0.25) is 0 Å². The van der Waals surface area contributed by atoms with Gasteiger partial charge in [0.25, 0.3) is 5.91 Å². The van der Waals surface area contributed by atoms with Crippen molar-refractivity contribution in [2.75, 3.05) is 5.32 Å². The first-order valence-electron chi connectivity index (χ1n) is 7.09. The number of aromatic amines is 1. The Hall–Kier alpha value is -2.89. The maximum atomic E-state index is 12.1. The molecule has 0 spiro atoms. The van der Waals surface area contributed by atoms with Crippen LogP contribution in [-0.4, -0.2) is 15.9 Å². The second-order valence-corrected chi connectivity index (χ2v) is 5.40. The third kappa shape index (κ3) is 2.39. The summed E-state index contributed by atoms with van der Waals surface area (Å²) in [6.07, 6.45) is 3.64. The number of rotatable bonds is 3. The lowest BCUT2D eigenvalue weighted by atomic mass is 10.2. The Labute approximate surface area is 125 Å². The molecule has 22 heavy (non-hydrogen) atoms. The van der Waals surface area contributed by atoms with E-state index in [1.807, 2.05) is 0 Å². The van der Waals surface area contributed by atoms with Gasteiger partial charge in [0.05, 0.1) is 5.56 Å². The Morgan fingerprint density at radius 2 is 2.14 bits per heavy atom. The summed E-state index contributed by atoms with van der Waals surface area (Å²) in [5, 5.41) is 2.78. The molecule has 1 saturated carbocycles. The molecule has 0 unspecified atom stereocenters. The summed E-state index contributed by atoms with van der Waals surface area (Å²) in [6, 6.07) is 8.16. The highest BCUT2D eigenvalue weighted by atomic mass is 16.3. The van der Waals surface area contributed by atoms with Crippen molar-refractivity contribution in [3.8, 4) is 0 Å². The van der Waals surface area contributed by atoms with Crippen LogP contribution in [0.3, 0.4) is 0 Å². The molecule has 1 aromatic carbocycles. The highest BCUT2D eigenvalue weighted by Crippen LogP contribution is 2.40. The standard InChI is InChI=1S/C16H13N3O3/c20-14-6-3-10(8-17-14)15(21)18-11-4-5-13-12(7-11)19-16(22-13)9-1-2-9/h3-9H,1-2H2,(H,17,20)(H,18,21). The van der Waals surface area contributed by atoms with E-state index in [2.05, 4.69) is 15.3 Å². The van der Waals surface area contributed by atoms with Crippen LogP contribution >= 0.6 is 0 Å². The van der Waals surface area contributed by atoms with E-state index in [0.29, 0.717) is 17.2 Å². The Morgan fingerprint density at radius 3 is 2.86 bits per heavy atom. The average molecular weight is 295 g/mol. The fraction of sp³-hybridized carbons (Fsp3) is 0.188. The summed E-state index contributed by atoms with van der Waals surface area (Å²) in [5.41, 5.74) is 2.25. The van der Waals surface area contributed by atoms with Crippen LogP contribution < -0.4 is 10.9 Å². The number of pyridine rings is 1. The van der Waals surface area contributed by atoms with Gasteiger partial charge in [-0.05, 0) is 37.1 Å². The molecule has 2 aromatic heterocycles. The van der Waals surface area contributed by atoms with Gasteiger partial charge in [0, 0.05) is 23.9 Å². The van der Waals surface area contributed by atoms with Crippen molar-refractivity contribution in [3.63, 3.8) is 0 Å². The number of anilines is 1. The predicted octanol–water partition coefficient (Wildman–Crippen LogP) is 2.65. The number of fused-ring (bicyclic) bond motifs is 1. The summed E-state index contributed by atoms with van der Waals surface area (Å²) < 4.78 is 5.69. The zero-order valence-corrected chi connectivity index (χ0v) is 11.6. The van der Waals surface area contributed by atoms with Crippen molar-refractivity contribution in [3.05, 3.63) is 58.3 Å². The monoisotopic (exact) mass is 295 g/mol. The largest absolute Gasteiger partial charge is 0.440 e. The van der Waals surface area contributed by atoms with Crippen molar-refractivity contribution in [1.82, 2.24) is 9.97 Å². The van der Waals surface area contributed by atoms with Crippen LogP contribution in [0.5, 0.6) is 0 Å². The minimum Gasteiger partial charge on any atom is -0.440 e. The molecule has 2 heterocycles. The van der Waals surface area contributed by atoms with E-state index in [-0.39, 0.29) is 11.5 Å². The van der Waals surface area contributed by atoms with E-state index in [9.17, 15) is 9.59 Å². The fourth-order valence-electron chi connectivity index (χ4n) is 2.28. The lowest BCUT2D eigenvalue weighted by Crippen LogP contribution is -2.14. The van der Waals surface area contributed by atoms with Gasteiger partial charge in [-0.1, -0.05) is 0 Å². The van der Waals surface area contributed by atoms with E-state index in [0.717, 1.165) is 29.8 Å². The maximum absolute atomic E-state index is 12.1. The van der Waals surface area contributed by atoms with Crippen molar-refractivity contribution >= 4 is 22.7 Å². The minimum atomic E-state index is -0.290. The van der Waals surface area contributed by atoms with Crippen molar-refractivity contribution in [1.29, 1.82) is 0 Å². The molecular formula is C16H13N3O3. The summed E-state index contributed by atoms with van der Waals surface area (Å²) in [4.78, 5) is 30.1. The van der Waals surface area contributed by atoms with Crippen LogP contribution in [-0.2, 0) is 0 Å². The van der Waals surface area contributed by atoms with Gasteiger partial charge in [0.15, 0.2) is 11.5 Å². The fourth-order valence-corrected chi connectivity index (χ4v) is 2.28. The highest BCUT2D eigenvalue weighted by Gasteiger charge is 2.28. The third-order valence-electron chi connectivity index (χ3n) is 3.63. The molecule has 0 aliphatic heterocycles. The Kier molecular flexibility index (Phi) is 2.82. The van der Waals surface area contributed by atoms with Crippen LogP contribution in [0.25, 0.3) is 11.1 Å². The lowest BCUT2D eigenvalue weighted by molar-refractivity contribution is 0.102. The smallest absolute Gasteiger partial charge is 0.257 e. The number of carbonyl (C=O) groups excluding carboxylic acids is 1. The molecule has 4 rings (SSSR count). The normalized spacial score (nSPS) is 14.2. The van der Waals surface area contributed by atoms with E-state index in [1.54, 1.807) is 18.2 Å². The quantitative estimate of drug-likeness (QED) is 0.777. The molecule has 1 fully saturated rings. The van der Waals surface area contributed by atoms with Gasteiger partial charge < -0.3 is 14.7 Å². The van der Waals surface area contributed by atoms with E-state index >= 15 is 0 Å². The first kappa shape index (κ1) is 12.8. The summed E-state index contributed by atoms with van der Waals surface area (Å²) >= 11 is 0. The van der Waals surface area contributed by atoms with Crippen LogP contribution in [0.15, 0.2) is 45.7 Å². The van der Waals surface area contributed by atoms with Gasteiger partial charge >= 0.3 is 0 Å². The molecular weight excluding hydrogens is 282 g/mol. The van der Waals surface area contributed by atoms with Gasteiger partial charge in [-0.3, -0.25) is 9.59 Å². The number of hydrogen-bond donors (Lipinski definition) is 2. The molecule has 1 aliphatic carbocycles. The predicted molar refractivity (Wildman–Crippen MR) is 81.0 cm³/mol.